The van der Waals surface area contributed by atoms with Gasteiger partial charge in [-0.3, -0.25) is 4.68 Å². The van der Waals surface area contributed by atoms with Gasteiger partial charge in [0.2, 0.25) is 0 Å². The van der Waals surface area contributed by atoms with Crippen molar-refractivity contribution in [2.24, 2.45) is 16.8 Å². The van der Waals surface area contributed by atoms with Crippen LogP contribution in [-0.2, 0) is 6.54 Å². The highest BCUT2D eigenvalue weighted by atomic mass is 19.4. The number of halogens is 3. The lowest BCUT2D eigenvalue weighted by molar-refractivity contribution is -0.159. The molecule has 0 amide bonds. The molecule has 90 valence electrons. The molecule has 0 aliphatic carbocycles. The molecular weight excluding hydrogens is 225 g/mol. The van der Waals surface area contributed by atoms with Gasteiger partial charge >= 0.3 is 6.18 Å². The third-order valence-electron chi connectivity index (χ3n) is 2.01. The largest absolute Gasteiger partial charge is 0.409 e. The Kier molecular flexibility index (Phi) is 3.41. The van der Waals surface area contributed by atoms with Crippen molar-refractivity contribution in [1.82, 2.24) is 9.78 Å². The molecule has 8 heteroatoms. The fraction of sp³-hybridized carbons (Fsp3) is 0.500. The van der Waals surface area contributed by atoms with Gasteiger partial charge in [-0.05, 0) is 13.0 Å². The van der Waals surface area contributed by atoms with Crippen LogP contribution in [0.1, 0.15) is 5.69 Å². The van der Waals surface area contributed by atoms with Gasteiger partial charge in [-0.1, -0.05) is 5.16 Å². The van der Waals surface area contributed by atoms with Gasteiger partial charge in [-0.2, -0.15) is 18.3 Å². The van der Waals surface area contributed by atoms with Crippen LogP contribution in [0.3, 0.4) is 0 Å². The van der Waals surface area contributed by atoms with Crippen molar-refractivity contribution in [3.63, 3.8) is 0 Å². The molecular formula is C8H11F3N4O. The summed E-state index contributed by atoms with van der Waals surface area (Å²) >= 11 is 0. The maximum Gasteiger partial charge on any atom is 0.400 e. The third-order valence-corrected chi connectivity index (χ3v) is 2.01. The van der Waals surface area contributed by atoms with Crippen LogP contribution in [0.2, 0.25) is 0 Å². The molecule has 1 aromatic heterocycles. The predicted molar refractivity (Wildman–Crippen MR) is 49.9 cm³/mol. The Morgan fingerprint density at radius 1 is 1.69 bits per heavy atom. The van der Waals surface area contributed by atoms with Crippen LogP contribution in [0.15, 0.2) is 17.4 Å². The first kappa shape index (κ1) is 12.3. The van der Waals surface area contributed by atoms with Gasteiger partial charge in [0, 0.05) is 6.20 Å². The van der Waals surface area contributed by atoms with Crippen molar-refractivity contribution in [2.45, 2.75) is 19.6 Å². The summed E-state index contributed by atoms with van der Waals surface area (Å²) in [5.74, 6) is -2.92. The summed E-state index contributed by atoms with van der Waals surface area (Å²) in [6, 6.07) is 1.57. The minimum Gasteiger partial charge on any atom is -0.409 e. The van der Waals surface area contributed by atoms with Gasteiger partial charge in [-0.25, -0.2) is 0 Å². The summed E-state index contributed by atoms with van der Waals surface area (Å²) in [7, 11) is 0. The monoisotopic (exact) mass is 236 g/mol. The van der Waals surface area contributed by atoms with Crippen LogP contribution < -0.4 is 5.73 Å². The van der Waals surface area contributed by atoms with E-state index in [0.717, 1.165) is 4.68 Å². The fourth-order valence-electron chi connectivity index (χ4n) is 1.19. The van der Waals surface area contributed by atoms with Crippen LogP contribution in [0, 0.1) is 12.8 Å². The second kappa shape index (κ2) is 4.42. The first-order valence-corrected chi connectivity index (χ1v) is 4.38. The van der Waals surface area contributed by atoms with Crippen LogP contribution >= 0.6 is 0 Å². The van der Waals surface area contributed by atoms with E-state index in [-0.39, 0.29) is 0 Å². The van der Waals surface area contributed by atoms with Crippen LogP contribution in [0.4, 0.5) is 13.2 Å². The Labute approximate surface area is 89.3 Å². The molecule has 0 bridgehead atoms. The number of nitrogens with two attached hydrogens (primary N) is 1. The van der Waals surface area contributed by atoms with Crippen molar-refractivity contribution in [3.8, 4) is 0 Å². The number of rotatable bonds is 3. The molecule has 5 nitrogen and oxygen atoms in total. The normalized spacial score (nSPS) is 15.1. The Balaban J connectivity index is 2.88. The van der Waals surface area contributed by atoms with Crippen LogP contribution in [0.25, 0.3) is 0 Å². The van der Waals surface area contributed by atoms with Crippen LogP contribution in [-0.4, -0.2) is 27.0 Å². The van der Waals surface area contributed by atoms with E-state index in [4.69, 9.17) is 10.9 Å². The minimum absolute atomic E-state index is 0.507. The van der Waals surface area contributed by atoms with Gasteiger partial charge in [-0.15, -0.1) is 0 Å². The molecule has 3 N–H and O–H groups in total. The Morgan fingerprint density at radius 2 is 2.31 bits per heavy atom. The highest BCUT2D eigenvalue weighted by Gasteiger charge is 2.43. The van der Waals surface area contributed by atoms with E-state index in [9.17, 15) is 13.2 Å². The standard InChI is InChI=1S/C8H11F3N4O/c1-5-2-3-15(13-5)4-6(7(12)14-16)8(9,10)11/h2-3,6,16H,4H2,1H3,(H2,12,14). The van der Waals surface area contributed by atoms with E-state index in [1.54, 1.807) is 13.0 Å². The summed E-state index contributed by atoms with van der Waals surface area (Å²) in [6.07, 6.45) is -3.17. The molecule has 0 saturated heterocycles. The zero-order valence-corrected chi connectivity index (χ0v) is 8.44. The van der Waals surface area contributed by atoms with Crippen molar-refractivity contribution in [2.75, 3.05) is 0 Å². The first-order chi connectivity index (χ1) is 7.34. The van der Waals surface area contributed by atoms with Crippen LogP contribution in [0.5, 0.6) is 0 Å². The predicted octanol–water partition coefficient (Wildman–Crippen LogP) is 1.12. The summed E-state index contributed by atoms with van der Waals surface area (Å²) < 4.78 is 38.7. The summed E-state index contributed by atoms with van der Waals surface area (Å²) in [5, 5.41) is 14.5. The molecule has 0 aliphatic rings. The van der Waals surface area contributed by atoms with E-state index in [1.165, 1.54) is 6.20 Å². The van der Waals surface area contributed by atoms with Gasteiger partial charge in [0.1, 0.15) is 5.92 Å². The number of hydrogen-bond acceptors (Lipinski definition) is 3. The number of aromatic nitrogens is 2. The molecule has 16 heavy (non-hydrogen) atoms. The maximum atomic E-state index is 12.5. The van der Waals surface area contributed by atoms with Crippen molar-refractivity contribution < 1.29 is 18.4 Å². The Morgan fingerprint density at radius 3 is 2.69 bits per heavy atom. The van der Waals surface area contributed by atoms with Crippen molar-refractivity contribution >= 4 is 5.84 Å². The zero-order chi connectivity index (χ0) is 12.3. The number of aryl methyl sites for hydroxylation is 1. The van der Waals surface area contributed by atoms with E-state index >= 15 is 0 Å². The molecule has 1 rings (SSSR count). The molecule has 1 heterocycles. The topological polar surface area (TPSA) is 76.4 Å². The zero-order valence-electron chi connectivity index (χ0n) is 8.44. The summed E-state index contributed by atoms with van der Waals surface area (Å²) in [6.45, 7) is 1.15. The Hall–Kier alpha value is -1.73. The second-order valence-corrected chi connectivity index (χ2v) is 3.30. The van der Waals surface area contributed by atoms with Gasteiger partial charge < -0.3 is 10.9 Å². The number of nitrogens with zero attached hydrogens (tertiary/aromatic N) is 3. The second-order valence-electron chi connectivity index (χ2n) is 3.30. The summed E-state index contributed by atoms with van der Waals surface area (Å²) in [4.78, 5) is 0. The maximum absolute atomic E-state index is 12.5. The minimum atomic E-state index is -4.57. The SMILES string of the molecule is Cc1ccn(CC(/C(N)=N/O)C(F)(F)F)n1. The highest BCUT2D eigenvalue weighted by molar-refractivity contribution is 5.82. The summed E-state index contributed by atoms with van der Waals surface area (Å²) in [5.41, 5.74) is 5.59. The molecule has 0 aromatic carbocycles. The lowest BCUT2D eigenvalue weighted by atomic mass is 10.1. The Bertz CT molecular complexity index is 385. The molecule has 1 unspecified atom stereocenters. The van der Waals surface area contributed by atoms with Gasteiger partial charge in [0.05, 0.1) is 12.2 Å². The quantitative estimate of drug-likeness (QED) is 0.357. The lowest BCUT2D eigenvalue weighted by Gasteiger charge is -2.18. The highest BCUT2D eigenvalue weighted by Crippen LogP contribution is 2.27. The van der Waals surface area contributed by atoms with E-state index < -0.39 is 24.5 Å². The van der Waals surface area contributed by atoms with E-state index in [1.807, 2.05) is 0 Å². The van der Waals surface area contributed by atoms with E-state index in [2.05, 4.69) is 10.3 Å². The van der Waals surface area contributed by atoms with Gasteiger partial charge in [0.15, 0.2) is 5.84 Å². The number of hydrogen-bond donors (Lipinski definition) is 2. The van der Waals surface area contributed by atoms with Crippen molar-refractivity contribution in [3.05, 3.63) is 18.0 Å². The molecule has 1 aromatic rings. The number of alkyl halides is 3. The average Bonchev–Trinajstić information content (AvgIpc) is 2.57. The smallest absolute Gasteiger partial charge is 0.400 e. The third kappa shape index (κ3) is 2.88. The average molecular weight is 236 g/mol. The first-order valence-electron chi connectivity index (χ1n) is 4.38. The molecule has 1 atom stereocenters. The lowest BCUT2D eigenvalue weighted by Crippen LogP contribution is -2.39. The van der Waals surface area contributed by atoms with Crippen molar-refractivity contribution in [1.29, 1.82) is 0 Å². The molecule has 0 saturated carbocycles. The molecule has 0 aliphatic heterocycles. The van der Waals surface area contributed by atoms with E-state index in [0.29, 0.717) is 5.69 Å². The number of oxime groups is 1. The number of amidine groups is 1. The fourth-order valence-corrected chi connectivity index (χ4v) is 1.19. The molecule has 0 spiro atoms. The molecule has 0 radical (unpaired) electrons. The van der Waals surface area contributed by atoms with Gasteiger partial charge in [0.25, 0.3) is 0 Å². The molecule has 0 fully saturated rings.